The van der Waals surface area contributed by atoms with Crippen LogP contribution in [-0.2, 0) is 15.0 Å². The molecule has 196 valence electrons. The van der Waals surface area contributed by atoms with Gasteiger partial charge < -0.3 is 19.6 Å². The van der Waals surface area contributed by atoms with Crippen molar-refractivity contribution in [2.24, 2.45) is 10.5 Å². The molecule has 0 unspecified atom stereocenters. The van der Waals surface area contributed by atoms with Crippen molar-refractivity contribution in [1.82, 2.24) is 9.80 Å². The van der Waals surface area contributed by atoms with Gasteiger partial charge in [0, 0.05) is 47.3 Å². The van der Waals surface area contributed by atoms with Crippen LogP contribution in [0.1, 0.15) is 45.6 Å². The van der Waals surface area contributed by atoms with E-state index in [1.807, 2.05) is 50.2 Å². The van der Waals surface area contributed by atoms with Crippen LogP contribution < -0.4 is 4.74 Å². The highest BCUT2D eigenvalue weighted by Crippen LogP contribution is 2.33. The van der Waals surface area contributed by atoms with Gasteiger partial charge in [0.25, 0.3) is 0 Å². The second kappa shape index (κ2) is 11.6. The number of carboxylic acids is 1. The van der Waals surface area contributed by atoms with Crippen molar-refractivity contribution in [1.29, 1.82) is 0 Å². The molecule has 1 heterocycles. The molecule has 2 aromatic rings. The van der Waals surface area contributed by atoms with E-state index in [9.17, 15) is 19.6 Å². The highest BCUT2D eigenvalue weighted by Gasteiger charge is 2.37. The van der Waals surface area contributed by atoms with Crippen molar-refractivity contribution in [3.63, 3.8) is 0 Å². The third kappa shape index (κ3) is 6.56. The van der Waals surface area contributed by atoms with Gasteiger partial charge in [0.05, 0.1) is 12.5 Å². The summed E-state index contributed by atoms with van der Waals surface area (Å²) in [5.41, 5.74) is -0.408. The van der Waals surface area contributed by atoms with E-state index in [0.29, 0.717) is 18.5 Å². The number of aliphatic carboxylic acids is 1. The molecule has 9 heteroatoms. The minimum atomic E-state index is -1.12. The molecule has 0 radical (unpaired) electrons. The van der Waals surface area contributed by atoms with E-state index >= 15 is 0 Å². The maximum atomic E-state index is 13.1. The van der Waals surface area contributed by atoms with Gasteiger partial charge in [-0.2, -0.15) is 0 Å². The molecule has 1 aliphatic heterocycles. The van der Waals surface area contributed by atoms with Gasteiger partial charge in [-0.25, -0.2) is 0 Å². The lowest BCUT2D eigenvalue weighted by atomic mass is 9.78. The third-order valence-electron chi connectivity index (χ3n) is 7.31. The number of carboxylic acid groups (broad SMARTS) is 1. The summed E-state index contributed by atoms with van der Waals surface area (Å²) >= 11 is 1.05. The van der Waals surface area contributed by atoms with Gasteiger partial charge in [0.15, 0.2) is 0 Å². The summed E-state index contributed by atoms with van der Waals surface area (Å²) in [6.45, 7) is 8.41. The minimum absolute atomic E-state index is 0.0659. The highest BCUT2D eigenvalue weighted by molar-refractivity contribution is 7.99. The zero-order valence-electron chi connectivity index (χ0n) is 21.8. The van der Waals surface area contributed by atoms with Gasteiger partial charge in [-0.3, -0.25) is 9.59 Å². The van der Waals surface area contributed by atoms with Gasteiger partial charge in [0.2, 0.25) is 5.91 Å². The fourth-order valence-corrected chi connectivity index (χ4v) is 5.33. The number of rotatable bonds is 11. The van der Waals surface area contributed by atoms with Crippen molar-refractivity contribution in [2.45, 2.75) is 50.2 Å². The molecule has 8 nitrogen and oxygen atoms in total. The quantitative estimate of drug-likeness (QED) is 0.334. The maximum absolute atomic E-state index is 13.1. The van der Waals surface area contributed by atoms with Crippen molar-refractivity contribution in [3.8, 4) is 5.75 Å². The standard InChI is InChI=1S/C27H37N3O5S/c1-26(2,36-28-34)18-30-13-10-19(11-14-30)24(31)29(4)15-12-27(3,25(32)33)22-8-6-21-17-23(35-5)9-7-20(21)16-22/h6-9,16-17,19H,10-15,18H2,1-5H3,(H,32,33)/t27-/m0/s1. The lowest BCUT2D eigenvalue weighted by Crippen LogP contribution is -2.45. The largest absolute Gasteiger partial charge is 0.497 e. The zero-order valence-corrected chi connectivity index (χ0v) is 22.6. The summed E-state index contributed by atoms with van der Waals surface area (Å²) in [5.74, 6) is -0.160. The Morgan fingerprint density at radius 2 is 1.78 bits per heavy atom. The summed E-state index contributed by atoms with van der Waals surface area (Å²) in [5, 5.41) is 12.1. The van der Waals surface area contributed by atoms with E-state index in [-0.39, 0.29) is 16.6 Å². The van der Waals surface area contributed by atoms with E-state index in [1.54, 1.807) is 26.0 Å². The number of piperidine rings is 1. The molecule has 1 aliphatic rings. The number of fused-ring (bicyclic) bond motifs is 1. The van der Waals surface area contributed by atoms with Crippen LogP contribution in [0.15, 0.2) is 41.0 Å². The molecule has 0 spiro atoms. The van der Waals surface area contributed by atoms with Crippen molar-refractivity contribution in [2.75, 3.05) is 40.3 Å². The van der Waals surface area contributed by atoms with Crippen LogP contribution in [0.5, 0.6) is 5.75 Å². The lowest BCUT2D eigenvalue weighted by molar-refractivity contribution is -0.144. The second-order valence-electron chi connectivity index (χ2n) is 10.6. The summed E-state index contributed by atoms with van der Waals surface area (Å²) in [4.78, 5) is 40.1. The van der Waals surface area contributed by atoms with Gasteiger partial charge >= 0.3 is 5.97 Å². The summed E-state index contributed by atoms with van der Waals surface area (Å²) in [6, 6.07) is 11.4. The van der Waals surface area contributed by atoms with E-state index in [4.69, 9.17) is 4.74 Å². The summed E-state index contributed by atoms with van der Waals surface area (Å²) < 4.78 is 7.99. The molecule has 1 atom stereocenters. The molecule has 0 aromatic heterocycles. The van der Waals surface area contributed by atoms with Crippen LogP contribution in [0.2, 0.25) is 0 Å². The number of hydrogen-bond donors (Lipinski definition) is 1. The zero-order chi connectivity index (χ0) is 26.5. The van der Waals surface area contributed by atoms with Crippen molar-refractivity contribution >= 4 is 34.6 Å². The lowest BCUT2D eigenvalue weighted by Gasteiger charge is -2.36. The Balaban J connectivity index is 1.62. The topological polar surface area (TPSA) is 99.5 Å². The van der Waals surface area contributed by atoms with Crippen LogP contribution in [0.3, 0.4) is 0 Å². The van der Waals surface area contributed by atoms with E-state index in [2.05, 4.69) is 9.48 Å². The Kier molecular flexibility index (Phi) is 9.00. The van der Waals surface area contributed by atoms with E-state index in [0.717, 1.165) is 60.9 Å². The van der Waals surface area contributed by atoms with Crippen LogP contribution in [0.4, 0.5) is 0 Å². The number of amides is 1. The minimum Gasteiger partial charge on any atom is -0.497 e. The Hall–Kier alpha value is -2.65. The van der Waals surface area contributed by atoms with Gasteiger partial charge in [-0.15, -0.1) is 4.91 Å². The molecular formula is C27H37N3O5S. The number of benzene rings is 2. The smallest absolute Gasteiger partial charge is 0.313 e. The van der Waals surface area contributed by atoms with Crippen molar-refractivity contribution < 1.29 is 19.4 Å². The van der Waals surface area contributed by atoms with Crippen LogP contribution in [-0.4, -0.2) is 71.9 Å². The molecule has 0 saturated carbocycles. The first-order chi connectivity index (χ1) is 17.0. The normalized spacial score (nSPS) is 16.9. The third-order valence-corrected chi connectivity index (χ3v) is 8.00. The average molecular weight is 516 g/mol. The average Bonchev–Trinajstić information content (AvgIpc) is 2.85. The number of hydrogen-bond acceptors (Lipinski definition) is 7. The Morgan fingerprint density at radius 1 is 1.14 bits per heavy atom. The molecule has 1 N–H and O–H groups in total. The first-order valence-corrected chi connectivity index (χ1v) is 13.1. The molecular weight excluding hydrogens is 478 g/mol. The Labute approximate surface area is 217 Å². The molecule has 3 rings (SSSR count). The Bertz CT molecular complexity index is 1100. The monoisotopic (exact) mass is 515 g/mol. The molecule has 1 fully saturated rings. The van der Waals surface area contributed by atoms with E-state index < -0.39 is 11.4 Å². The number of nitroso groups, excluding NO2 is 1. The number of carbonyl (C=O) groups is 2. The fourth-order valence-electron chi connectivity index (χ4n) is 4.89. The number of likely N-dealkylation sites (tertiary alicyclic amines) is 1. The van der Waals surface area contributed by atoms with Gasteiger partial charge in [-0.1, -0.05) is 24.3 Å². The molecule has 1 amide bonds. The number of nitrogens with zero attached hydrogens (tertiary/aromatic N) is 3. The summed E-state index contributed by atoms with van der Waals surface area (Å²) in [6.07, 6.45) is 1.82. The molecule has 0 aliphatic carbocycles. The fraction of sp³-hybridized carbons (Fsp3) is 0.556. The first-order valence-electron chi connectivity index (χ1n) is 12.3. The number of ether oxygens (including phenoxy) is 1. The maximum Gasteiger partial charge on any atom is 0.313 e. The Morgan fingerprint density at radius 3 is 2.39 bits per heavy atom. The molecule has 0 bridgehead atoms. The van der Waals surface area contributed by atoms with Gasteiger partial charge in [-0.05, 0) is 81.6 Å². The first kappa shape index (κ1) is 27.9. The number of carbonyl (C=O) groups excluding carboxylic acids is 1. The predicted molar refractivity (Wildman–Crippen MR) is 144 cm³/mol. The predicted octanol–water partition coefficient (Wildman–Crippen LogP) is 4.94. The summed E-state index contributed by atoms with van der Waals surface area (Å²) in [7, 11) is 3.38. The van der Waals surface area contributed by atoms with Crippen LogP contribution in [0.25, 0.3) is 10.8 Å². The second-order valence-corrected chi connectivity index (χ2v) is 12.0. The molecule has 2 aromatic carbocycles. The van der Waals surface area contributed by atoms with Crippen LogP contribution >= 0.6 is 11.9 Å². The van der Waals surface area contributed by atoms with E-state index in [1.165, 1.54) is 0 Å². The highest BCUT2D eigenvalue weighted by atomic mass is 32.2. The molecule has 36 heavy (non-hydrogen) atoms. The van der Waals surface area contributed by atoms with Crippen molar-refractivity contribution in [3.05, 3.63) is 46.9 Å². The number of methoxy groups -OCH3 is 1. The van der Waals surface area contributed by atoms with Gasteiger partial charge in [0.1, 0.15) is 5.75 Å². The molecule has 1 saturated heterocycles. The SMILES string of the molecule is COc1ccc2cc([C@](C)(CCN(C)C(=O)C3CCN(CC(C)(C)SN=O)CC3)C(=O)O)ccc2c1. The van der Waals surface area contributed by atoms with Crippen LogP contribution in [0, 0.1) is 10.8 Å².